The number of carbonyl (C=O) groups excluding carboxylic acids is 1. The van der Waals surface area contributed by atoms with Crippen LogP contribution in [0.1, 0.15) is 33.1 Å². The van der Waals surface area contributed by atoms with E-state index in [4.69, 9.17) is 4.74 Å². The molecule has 1 amide bonds. The number of hydrogen-bond donors (Lipinski definition) is 1. The molecular weight excluding hydrogens is 204 g/mol. The second-order valence-electron chi connectivity index (χ2n) is 4.92. The summed E-state index contributed by atoms with van der Waals surface area (Å²) in [5.74, 6) is 0.673. The molecule has 2 aliphatic rings. The molecule has 0 spiro atoms. The van der Waals surface area contributed by atoms with Gasteiger partial charge in [-0.25, -0.2) is 0 Å². The average molecular weight is 226 g/mol. The molecule has 2 heterocycles. The van der Waals surface area contributed by atoms with Gasteiger partial charge in [0.25, 0.3) is 0 Å². The Labute approximate surface area is 97.3 Å². The third-order valence-electron chi connectivity index (χ3n) is 3.74. The van der Waals surface area contributed by atoms with Crippen LogP contribution in [0.15, 0.2) is 0 Å². The fourth-order valence-electron chi connectivity index (χ4n) is 2.44. The van der Waals surface area contributed by atoms with Crippen molar-refractivity contribution in [2.45, 2.75) is 45.3 Å². The molecule has 0 aliphatic carbocycles. The van der Waals surface area contributed by atoms with E-state index in [-0.39, 0.29) is 18.1 Å². The molecule has 0 aromatic rings. The van der Waals surface area contributed by atoms with Gasteiger partial charge in [0.1, 0.15) is 0 Å². The van der Waals surface area contributed by atoms with Gasteiger partial charge < -0.3 is 9.64 Å². The van der Waals surface area contributed by atoms with Crippen LogP contribution in [0.4, 0.5) is 0 Å². The van der Waals surface area contributed by atoms with Gasteiger partial charge in [-0.3, -0.25) is 10.1 Å². The van der Waals surface area contributed by atoms with E-state index >= 15 is 0 Å². The fourth-order valence-corrected chi connectivity index (χ4v) is 2.44. The summed E-state index contributed by atoms with van der Waals surface area (Å²) >= 11 is 0. The minimum absolute atomic E-state index is 0.0198. The molecule has 0 radical (unpaired) electrons. The minimum atomic E-state index is 0.0198. The predicted molar refractivity (Wildman–Crippen MR) is 61.9 cm³/mol. The highest BCUT2D eigenvalue weighted by Gasteiger charge is 2.35. The van der Waals surface area contributed by atoms with Crippen molar-refractivity contribution in [2.24, 2.45) is 5.92 Å². The fraction of sp³-hybridized carbons (Fsp3) is 0.917. The summed E-state index contributed by atoms with van der Waals surface area (Å²) in [5, 5.41) is 3.30. The summed E-state index contributed by atoms with van der Waals surface area (Å²) in [6.45, 7) is 6.56. The standard InChI is InChI=1S/C12H22N2O2/c1-3-9(2)11-12(15)14(8-13-11)7-10-5-4-6-16-10/h9-11,13H,3-8H2,1-2H3. The topological polar surface area (TPSA) is 41.6 Å². The van der Waals surface area contributed by atoms with Crippen molar-refractivity contribution in [3.63, 3.8) is 0 Å². The quantitative estimate of drug-likeness (QED) is 0.776. The zero-order valence-electron chi connectivity index (χ0n) is 10.2. The number of amides is 1. The molecule has 0 bridgehead atoms. The Hall–Kier alpha value is -0.610. The molecule has 0 aromatic heterocycles. The molecule has 2 saturated heterocycles. The summed E-state index contributed by atoms with van der Waals surface area (Å²) in [6, 6.07) is 0.0198. The van der Waals surface area contributed by atoms with Crippen molar-refractivity contribution in [2.75, 3.05) is 19.8 Å². The smallest absolute Gasteiger partial charge is 0.241 e. The first-order chi connectivity index (χ1) is 7.72. The van der Waals surface area contributed by atoms with Gasteiger partial charge in [-0.1, -0.05) is 20.3 Å². The summed E-state index contributed by atoms with van der Waals surface area (Å²) < 4.78 is 5.56. The zero-order chi connectivity index (χ0) is 11.5. The van der Waals surface area contributed by atoms with Crippen LogP contribution in [0.25, 0.3) is 0 Å². The number of ether oxygens (including phenoxy) is 1. The predicted octanol–water partition coefficient (Wildman–Crippen LogP) is 0.969. The molecular formula is C12H22N2O2. The van der Waals surface area contributed by atoms with Crippen LogP contribution >= 0.6 is 0 Å². The molecule has 2 rings (SSSR count). The van der Waals surface area contributed by atoms with Crippen molar-refractivity contribution in [1.82, 2.24) is 10.2 Å². The highest BCUT2D eigenvalue weighted by molar-refractivity contribution is 5.84. The third-order valence-corrected chi connectivity index (χ3v) is 3.74. The van der Waals surface area contributed by atoms with Gasteiger partial charge in [0.05, 0.1) is 18.8 Å². The van der Waals surface area contributed by atoms with Crippen LogP contribution in [0.5, 0.6) is 0 Å². The molecule has 1 N–H and O–H groups in total. The molecule has 2 aliphatic heterocycles. The van der Waals surface area contributed by atoms with Crippen LogP contribution < -0.4 is 5.32 Å². The number of carbonyl (C=O) groups is 1. The van der Waals surface area contributed by atoms with E-state index in [1.165, 1.54) is 0 Å². The van der Waals surface area contributed by atoms with Gasteiger partial charge in [-0.15, -0.1) is 0 Å². The molecule has 0 saturated carbocycles. The molecule has 4 heteroatoms. The van der Waals surface area contributed by atoms with Crippen molar-refractivity contribution in [1.29, 1.82) is 0 Å². The number of rotatable bonds is 4. The Kier molecular flexibility index (Phi) is 3.82. The SMILES string of the molecule is CCC(C)C1NCN(CC2CCCO2)C1=O. The van der Waals surface area contributed by atoms with Gasteiger partial charge in [-0.05, 0) is 18.8 Å². The maximum atomic E-state index is 12.1. The van der Waals surface area contributed by atoms with E-state index in [2.05, 4.69) is 19.2 Å². The van der Waals surface area contributed by atoms with Crippen LogP contribution in [0.2, 0.25) is 0 Å². The van der Waals surface area contributed by atoms with E-state index in [0.717, 1.165) is 32.4 Å². The van der Waals surface area contributed by atoms with Gasteiger partial charge >= 0.3 is 0 Å². The second-order valence-corrected chi connectivity index (χ2v) is 4.92. The highest BCUT2D eigenvalue weighted by Crippen LogP contribution is 2.18. The lowest BCUT2D eigenvalue weighted by atomic mass is 9.99. The number of nitrogens with one attached hydrogen (secondary N) is 1. The number of hydrogen-bond acceptors (Lipinski definition) is 3. The second kappa shape index (κ2) is 5.15. The lowest BCUT2D eigenvalue weighted by Crippen LogP contribution is -2.38. The van der Waals surface area contributed by atoms with Gasteiger partial charge in [-0.2, -0.15) is 0 Å². The van der Waals surface area contributed by atoms with Gasteiger partial charge in [0, 0.05) is 13.2 Å². The first-order valence-electron chi connectivity index (χ1n) is 6.36. The van der Waals surface area contributed by atoms with Crippen LogP contribution in [-0.2, 0) is 9.53 Å². The Bertz CT molecular complexity index is 251. The first-order valence-corrected chi connectivity index (χ1v) is 6.36. The molecule has 4 nitrogen and oxygen atoms in total. The Morgan fingerprint density at radius 2 is 2.44 bits per heavy atom. The Morgan fingerprint density at radius 3 is 3.06 bits per heavy atom. The highest BCUT2D eigenvalue weighted by atomic mass is 16.5. The monoisotopic (exact) mass is 226 g/mol. The maximum absolute atomic E-state index is 12.1. The van der Waals surface area contributed by atoms with E-state index in [0.29, 0.717) is 12.6 Å². The molecule has 2 fully saturated rings. The molecule has 92 valence electrons. The van der Waals surface area contributed by atoms with Gasteiger partial charge in [0.15, 0.2) is 0 Å². The van der Waals surface area contributed by atoms with Crippen molar-refractivity contribution < 1.29 is 9.53 Å². The molecule has 3 atom stereocenters. The number of nitrogens with zero attached hydrogens (tertiary/aromatic N) is 1. The third kappa shape index (κ3) is 2.38. The average Bonchev–Trinajstić information content (AvgIpc) is 2.90. The zero-order valence-corrected chi connectivity index (χ0v) is 10.2. The van der Waals surface area contributed by atoms with E-state index in [1.807, 2.05) is 4.90 Å². The van der Waals surface area contributed by atoms with Crippen molar-refractivity contribution in [3.05, 3.63) is 0 Å². The van der Waals surface area contributed by atoms with E-state index in [1.54, 1.807) is 0 Å². The Morgan fingerprint density at radius 1 is 1.62 bits per heavy atom. The Balaban J connectivity index is 1.86. The van der Waals surface area contributed by atoms with Crippen LogP contribution in [-0.4, -0.2) is 42.8 Å². The lowest BCUT2D eigenvalue weighted by Gasteiger charge is -2.20. The normalized spacial score (nSPS) is 32.4. The summed E-state index contributed by atoms with van der Waals surface area (Å²) in [4.78, 5) is 14.0. The molecule has 16 heavy (non-hydrogen) atoms. The van der Waals surface area contributed by atoms with E-state index in [9.17, 15) is 4.79 Å². The van der Waals surface area contributed by atoms with Crippen molar-refractivity contribution in [3.8, 4) is 0 Å². The minimum Gasteiger partial charge on any atom is -0.376 e. The van der Waals surface area contributed by atoms with E-state index < -0.39 is 0 Å². The van der Waals surface area contributed by atoms with Crippen LogP contribution in [0.3, 0.4) is 0 Å². The largest absolute Gasteiger partial charge is 0.376 e. The summed E-state index contributed by atoms with van der Waals surface area (Å²) in [5.41, 5.74) is 0. The first kappa shape index (κ1) is 11.9. The molecule has 3 unspecified atom stereocenters. The summed E-state index contributed by atoms with van der Waals surface area (Å²) in [7, 11) is 0. The molecule has 0 aromatic carbocycles. The summed E-state index contributed by atoms with van der Waals surface area (Å²) in [6.07, 6.45) is 3.53. The maximum Gasteiger partial charge on any atom is 0.241 e. The lowest BCUT2D eigenvalue weighted by molar-refractivity contribution is -0.131. The van der Waals surface area contributed by atoms with Crippen LogP contribution in [0, 0.1) is 5.92 Å². The van der Waals surface area contributed by atoms with Gasteiger partial charge in [0.2, 0.25) is 5.91 Å². The van der Waals surface area contributed by atoms with Crippen molar-refractivity contribution >= 4 is 5.91 Å².